The van der Waals surface area contributed by atoms with Crippen molar-refractivity contribution in [1.29, 1.82) is 0 Å². The lowest BCUT2D eigenvalue weighted by Crippen LogP contribution is -2.15. The van der Waals surface area contributed by atoms with Crippen LogP contribution in [0.25, 0.3) is 0 Å². The number of nitrogens with one attached hydrogen (secondary N) is 2. The third-order valence-electron chi connectivity index (χ3n) is 1.96. The summed E-state index contributed by atoms with van der Waals surface area (Å²) < 4.78 is 0. The number of aromatic nitrogens is 3. The molecule has 1 aliphatic heterocycles. The van der Waals surface area contributed by atoms with Crippen molar-refractivity contribution in [2.75, 3.05) is 12.3 Å². The molecule has 0 radical (unpaired) electrons. The second kappa shape index (κ2) is 2.72. The number of H-pyrrole nitrogens is 1. The van der Waals surface area contributed by atoms with Crippen molar-refractivity contribution in [3.05, 3.63) is 5.82 Å². The molecule has 1 saturated heterocycles. The number of aliphatic hydroxyl groups is 1. The molecule has 12 heavy (non-hydrogen) atoms. The predicted octanol–water partition coefficient (Wildman–Crippen LogP) is -1.22. The highest BCUT2D eigenvalue weighted by Gasteiger charge is 2.25. The van der Waals surface area contributed by atoms with Crippen LogP contribution >= 0.6 is 0 Å². The summed E-state index contributed by atoms with van der Waals surface area (Å²) >= 11 is 0. The molecule has 1 unspecified atom stereocenters. The standard InChI is InChI=1S/C6H11N5O/c7-6-9-5(10-11-6)4-1-3(12)2-8-4/h3-4,8,12H,1-2H2,(H3,7,9,10,11)/t3?,4-/m0/s1. The Balaban J connectivity index is 2.11. The van der Waals surface area contributed by atoms with E-state index in [0.29, 0.717) is 18.8 Å². The first-order valence-electron chi connectivity index (χ1n) is 3.85. The number of aromatic amines is 1. The molecule has 0 spiro atoms. The molecule has 1 aliphatic rings. The Morgan fingerprint density at radius 2 is 2.42 bits per heavy atom. The van der Waals surface area contributed by atoms with Gasteiger partial charge in [-0.25, -0.2) is 0 Å². The first kappa shape index (κ1) is 7.51. The quantitative estimate of drug-likeness (QED) is 0.422. The van der Waals surface area contributed by atoms with E-state index in [2.05, 4.69) is 20.5 Å². The summed E-state index contributed by atoms with van der Waals surface area (Å²) in [7, 11) is 0. The monoisotopic (exact) mass is 169 g/mol. The van der Waals surface area contributed by atoms with Crippen LogP contribution in [0.5, 0.6) is 0 Å². The van der Waals surface area contributed by atoms with Gasteiger partial charge >= 0.3 is 0 Å². The molecule has 1 fully saturated rings. The number of β-amino-alcohol motifs (C(OH)–C–C–N with tert-alkyl or cyclic N) is 1. The van der Waals surface area contributed by atoms with Gasteiger partial charge in [-0.3, -0.25) is 5.10 Å². The van der Waals surface area contributed by atoms with E-state index in [1.54, 1.807) is 0 Å². The van der Waals surface area contributed by atoms with Crippen molar-refractivity contribution in [3.63, 3.8) is 0 Å². The molecule has 1 aromatic heterocycles. The van der Waals surface area contributed by atoms with Crippen molar-refractivity contribution in [3.8, 4) is 0 Å². The van der Waals surface area contributed by atoms with Crippen molar-refractivity contribution in [1.82, 2.24) is 20.5 Å². The molecule has 2 heterocycles. The molecule has 2 rings (SSSR count). The number of nitrogen functional groups attached to an aromatic ring is 1. The second-order valence-corrected chi connectivity index (χ2v) is 2.93. The molecule has 0 aliphatic carbocycles. The maximum Gasteiger partial charge on any atom is 0.239 e. The van der Waals surface area contributed by atoms with Gasteiger partial charge in [0.25, 0.3) is 0 Å². The highest BCUT2D eigenvalue weighted by atomic mass is 16.3. The number of nitrogens with zero attached hydrogens (tertiary/aromatic N) is 2. The normalized spacial score (nSPS) is 29.4. The SMILES string of the molecule is Nc1n[nH]c([C@@H]2CC(O)CN2)n1. The van der Waals surface area contributed by atoms with Gasteiger partial charge in [-0.05, 0) is 6.42 Å². The first-order valence-corrected chi connectivity index (χ1v) is 3.85. The molecular formula is C6H11N5O. The van der Waals surface area contributed by atoms with E-state index in [-0.39, 0.29) is 18.1 Å². The minimum Gasteiger partial charge on any atom is -0.392 e. The number of hydrogen-bond acceptors (Lipinski definition) is 5. The Morgan fingerprint density at radius 3 is 2.92 bits per heavy atom. The number of nitrogens with two attached hydrogens (primary N) is 1. The molecule has 0 aromatic carbocycles. The molecule has 2 atom stereocenters. The van der Waals surface area contributed by atoms with Gasteiger partial charge in [0.2, 0.25) is 5.95 Å². The van der Waals surface area contributed by atoms with E-state index in [1.165, 1.54) is 0 Å². The van der Waals surface area contributed by atoms with Crippen LogP contribution in [0.3, 0.4) is 0 Å². The predicted molar refractivity (Wildman–Crippen MR) is 42.2 cm³/mol. The van der Waals surface area contributed by atoms with Gasteiger partial charge in [0.15, 0.2) is 0 Å². The number of rotatable bonds is 1. The lowest BCUT2D eigenvalue weighted by molar-refractivity contribution is 0.193. The largest absolute Gasteiger partial charge is 0.392 e. The Hall–Kier alpha value is -1.14. The molecule has 0 bridgehead atoms. The van der Waals surface area contributed by atoms with Gasteiger partial charge < -0.3 is 16.2 Å². The minimum atomic E-state index is -0.290. The summed E-state index contributed by atoms with van der Waals surface area (Å²) in [6, 6.07) is 0.0600. The summed E-state index contributed by atoms with van der Waals surface area (Å²) in [4.78, 5) is 3.96. The van der Waals surface area contributed by atoms with Crippen LogP contribution in [0.2, 0.25) is 0 Å². The van der Waals surface area contributed by atoms with Crippen molar-refractivity contribution >= 4 is 5.95 Å². The zero-order valence-corrected chi connectivity index (χ0v) is 6.49. The fourth-order valence-electron chi connectivity index (χ4n) is 1.37. The van der Waals surface area contributed by atoms with Gasteiger partial charge in [0, 0.05) is 6.54 Å². The number of hydrogen-bond donors (Lipinski definition) is 4. The van der Waals surface area contributed by atoms with Gasteiger partial charge in [0.05, 0.1) is 12.1 Å². The van der Waals surface area contributed by atoms with Crippen LogP contribution < -0.4 is 11.1 Å². The summed E-state index contributed by atoms with van der Waals surface area (Å²) in [5, 5.41) is 18.7. The van der Waals surface area contributed by atoms with Crippen LogP contribution in [0, 0.1) is 0 Å². The van der Waals surface area contributed by atoms with E-state index >= 15 is 0 Å². The Bertz CT molecular complexity index is 273. The summed E-state index contributed by atoms with van der Waals surface area (Å²) in [6.45, 7) is 0.602. The summed E-state index contributed by atoms with van der Waals surface area (Å²) in [5.41, 5.74) is 5.34. The smallest absolute Gasteiger partial charge is 0.239 e. The number of anilines is 1. The fraction of sp³-hybridized carbons (Fsp3) is 0.667. The lowest BCUT2D eigenvalue weighted by atomic mass is 10.2. The van der Waals surface area contributed by atoms with Crippen LogP contribution in [0.4, 0.5) is 5.95 Å². The maximum atomic E-state index is 9.21. The lowest BCUT2D eigenvalue weighted by Gasteiger charge is -2.03. The Labute approximate surface area is 69.2 Å². The van der Waals surface area contributed by atoms with E-state index < -0.39 is 0 Å². The van der Waals surface area contributed by atoms with Gasteiger partial charge in [-0.15, -0.1) is 5.10 Å². The Morgan fingerprint density at radius 1 is 1.58 bits per heavy atom. The topological polar surface area (TPSA) is 99.8 Å². The zero-order chi connectivity index (χ0) is 8.55. The van der Waals surface area contributed by atoms with Crippen molar-refractivity contribution < 1.29 is 5.11 Å². The molecule has 6 nitrogen and oxygen atoms in total. The first-order chi connectivity index (χ1) is 5.75. The zero-order valence-electron chi connectivity index (χ0n) is 6.49. The average Bonchev–Trinajstić information content (AvgIpc) is 2.58. The maximum absolute atomic E-state index is 9.21. The highest BCUT2D eigenvalue weighted by Crippen LogP contribution is 2.19. The van der Waals surface area contributed by atoms with Crippen molar-refractivity contribution in [2.45, 2.75) is 18.6 Å². The van der Waals surface area contributed by atoms with Crippen molar-refractivity contribution in [2.24, 2.45) is 0 Å². The molecule has 6 heteroatoms. The van der Waals surface area contributed by atoms with Crippen LogP contribution in [-0.2, 0) is 0 Å². The fourth-order valence-corrected chi connectivity index (χ4v) is 1.37. The molecule has 0 amide bonds. The third-order valence-corrected chi connectivity index (χ3v) is 1.96. The minimum absolute atomic E-state index is 0.0600. The molecule has 0 saturated carbocycles. The van der Waals surface area contributed by atoms with Crippen LogP contribution in [0.15, 0.2) is 0 Å². The number of aliphatic hydroxyl groups excluding tert-OH is 1. The average molecular weight is 169 g/mol. The van der Waals surface area contributed by atoms with Gasteiger partial charge in [-0.1, -0.05) is 0 Å². The summed E-state index contributed by atoms with van der Waals surface area (Å²) in [6.07, 6.45) is 0.371. The molecular weight excluding hydrogens is 158 g/mol. The Kier molecular flexibility index (Phi) is 1.70. The third kappa shape index (κ3) is 1.26. The van der Waals surface area contributed by atoms with E-state index in [1.807, 2.05) is 0 Å². The molecule has 5 N–H and O–H groups in total. The van der Waals surface area contributed by atoms with Gasteiger partial charge in [-0.2, -0.15) is 4.98 Å². The van der Waals surface area contributed by atoms with Crippen LogP contribution in [-0.4, -0.2) is 32.9 Å². The van der Waals surface area contributed by atoms with Crippen LogP contribution in [0.1, 0.15) is 18.3 Å². The van der Waals surface area contributed by atoms with E-state index in [9.17, 15) is 5.11 Å². The van der Waals surface area contributed by atoms with E-state index in [0.717, 1.165) is 0 Å². The summed E-state index contributed by atoms with van der Waals surface area (Å²) in [5.74, 6) is 0.942. The second-order valence-electron chi connectivity index (χ2n) is 2.93. The molecule has 1 aromatic rings. The highest BCUT2D eigenvalue weighted by molar-refractivity contribution is 5.15. The van der Waals surface area contributed by atoms with Gasteiger partial charge in [0.1, 0.15) is 5.82 Å². The van der Waals surface area contributed by atoms with E-state index in [4.69, 9.17) is 5.73 Å². The molecule has 66 valence electrons.